The van der Waals surface area contributed by atoms with Crippen LogP contribution < -0.4 is 5.32 Å². The number of aromatic amines is 1. The van der Waals surface area contributed by atoms with Crippen LogP contribution in [0.5, 0.6) is 0 Å². The van der Waals surface area contributed by atoms with Crippen LogP contribution in [0.3, 0.4) is 0 Å². The molecule has 1 atom stereocenters. The van der Waals surface area contributed by atoms with E-state index in [0.717, 1.165) is 52.9 Å². The fourth-order valence-corrected chi connectivity index (χ4v) is 5.01. The van der Waals surface area contributed by atoms with Gasteiger partial charge in [-0.2, -0.15) is 5.10 Å². The number of hydrogen-bond donors (Lipinski definition) is 2. The third-order valence-corrected chi connectivity index (χ3v) is 7.10. The summed E-state index contributed by atoms with van der Waals surface area (Å²) in [7, 11) is 0. The van der Waals surface area contributed by atoms with E-state index >= 15 is 0 Å². The van der Waals surface area contributed by atoms with Gasteiger partial charge in [0.1, 0.15) is 5.69 Å². The number of carbonyl (C=O) groups excluding carboxylic acids is 2. The highest BCUT2D eigenvalue weighted by atomic mass is 16.5. The van der Waals surface area contributed by atoms with Gasteiger partial charge in [-0.05, 0) is 52.9 Å². The lowest BCUT2D eigenvalue weighted by Crippen LogP contribution is -2.38. The Morgan fingerprint density at radius 3 is 2.45 bits per heavy atom. The molecule has 226 valence electrons. The minimum atomic E-state index is -0.429. The first-order valence-corrected chi connectivity index (χ1v) is 14.9. The predicted octanol–water partition coefficient (Wildman–Crippen LogP) is 4.81. The molecule has 0 spiro atoms. The van der Waals surface area contributed by atoms with Crippen molar-refractivity contribution in [1.82, 2.24) is 40.7 Å². The predicted molar refractivity (Wildman–Crippen MR) is 165 cm³/mol. The number of pyridine rings is 1. The molecule has 2 aromatic carbocycles. The molecule has 11 nitrogen and oxygen atoms in total. The highest BCUT2D eigenvalue weighted by Gasteiger charge is 2.22. The molecule has 0 radical (unpaired) electrons. The maximum Gasteiger partial charge on any atom is 0.307 e. The van der Waals surface area contributed by atoms with Crippen molar-refractivity contribution >= 4 is 11.9 Å². The maximum atomic E-state index is 13.4. The number of carbonyl (C=O) groups is 2. The molecule has 0 saturated heterocycles. The number of benzene rings is 2. The zero-order valence-electron chi connectivity index (χ0n) is 24.9. The standard InChI is InChI=1S/C33H36N8O3/c1-3-10-26-20-30(33(43)35-25(19-31(42)44-17-4-2)18-23-11-6-5-7-12-23)38-41(26)22-24-15-16-29(34-21-24)27-13-8-9-14-28(27)32-36-39-40-37-32/h5-9,11-16,20-21,25H,3-4,10,17-19,22H2,1-2H3,(H,35,43)(H,36,37,39,40). The molecule has 5 aromatic rings. The number of nitrogens with zero attached hydrogens (tertiary/aromatic N) is 6. The van der Waals surface area contributed by atoms with Crippen LogP contribution in [0.1, 0.15) is 60.4 Å². The Bertz CT molecular complexity index is 1650. The maximum absolute atomic E-state index is 13.4. The molecule has 5 rings (SSSR count). The number of tetrazole rings is 1. The summed E-state index contributed by atoms with van der Waals surface area (Å²) in [6, 6.07) is 22.9. The van der Waals surface area contributed by atoms with E-state index in [1.165, 1.54) is 0 Å². The Balaban J connectivity index is 1.32. The number of esters is 1. The van der Waals surface area contributed by atoms with E-state index in [2.05, 4.69) is 38.0 Å². The molecule has 3 aromatic heterocycles. The van der Waals surface area contributed by atoms with Gasteiger partial charge in [-0.1, -0.05) is 80.9 Å². The molecule has 0 aliphatic carbocycles. The first kappa shape index (κ1) is 30.3. The second-order valence-electron chi connectivity index (χ2n) is 10.6. The number of amides is 1. The van der Waals surface area contributed by atoms with Crippen LogP contribution in [-0.2, 0) is 28.9 Å². The highest BCUT2D eigenvalue weighted by molar-refractivity contribution is 5.93. The minimum absolute atomic E-state index is 0.0806. The number of rotatable bonds is 14. The van der Waals surface area contributed by atoms with Crippen molar-refractivity contribution in [2.24, 2.45) is 0 Å². The lowest BCUT2D eigenvalue weighted by atomic mass is 10.0. The molecule has 0 aliphatic rings. The van der Waals surface area contributed by atoms with Gasteiger partial charge in [-0.3, -0.25) is 19.3 Å². The van der Waals surface area contributed by atoms with Crippen molar-refractivity contribution in [1.29, 1.82) is 0 Å². The Labute approximate surface area is 256 Å². The normalized spacial score (nSPS) is 11.7. The summed E-state index contributed by atoms with van der Waals surface area (Å²) in [6.45, 7) is 4.85. The second-order valence-corrected chi connectivity index (χ2v) is 10.6. The number of hydrogen-bond acceptors (Lipinski definition) is 8. The van der Waals surface area contributed by atoms with E-state index in [4.69, 9.17) is 9.72 Å². The second kappa shape index (κ2) is 14.8. The van der Waals surface area contributed by atoms with Crippen molar-refractivity contribution in [3.8, 4) is 22.6 Å². The van der Waals surface area contributed by atoms with Crippen LogP contribution in [0.25, 0.3) is 22.6 Å². The highest BCUT2D eigenvalue weighted by Crippen LogP contribution is 2.28. The average molecular weight is 593 g/mol. The van der Waals surface area contributed by atoms with Crippen LogP contribution in [0.15, 0.2) is 79.0 Å². The summed E-state index contributed by atoms with van der Waals surface area (Å²) in [6.07, 6.45) is 4.81. The van der Waals surface area contributed by atoms with E-state index < -0.39 is 6.04 Å². The summed E-state index contributed by atoms with van der Waals surface area (Å²) in [5.74, 6) is -0.0828. The molecule has 3 heterocycles. The number of aryl methyl sites for hydroxylation is 1. The van der Waals surface area contributed by atoms with Gasteiger partial charge in [-0.25, -0.2) is 5.10 Å². The minimum Gasteiger partial charge on any atom is -0.466 e. The van der Waals surface area contributed by atoms with E-state index in [1.807, 2.05) is 90.6 Å². The van der Waals surface area contributed by atoms with Gasteiger partial charge < -0.3 is 10.1 Å². The molecule has 11 heteroatoms. The fourth-order valence-electron chi connectivity index (χ4n) is 5.01. The van der Waals surface area contributed by atoms with Gasteiger partial charge in [0.2, 0.25) is 0 Å². The van der Waals surface area contributed by atoms with E-state index in [1.54, 1.807) is 0 Å². The van der Waals surface area contributed by atoms with Gasteiger partial charge in [-0.15, -0.1) is 5.10 Å². The Hall–Kier alpha value is -5.19. The topological polar surface area (TPSA) is 141 Å². The number of aromatic nitrogens is 7. The van der Waals surface area contributed by atoms with E-state index in [9.17, 15) is 9.59 Å². The Morgan fingerprint density at radius 1 is 0.955 bits per heavy atom. The molecule has 0 bridgehead atoms. The molecule has 44 heavy (non-hydrogen) atoms. The monoisotopic (exact) mass is 592 g/mol. The van der Waals surface area contributed by atoms with Gasteiger partial charge in [0.05, 0.1) is 25.3 Å². The van der Waals surface area contributed by atoms with Crippen molar-refractivity contribution in [3.05, 3.63) is 102 Å². The van der Waals surface area contributed by atoms with Crippen molar-refractivity contribution < 1.29 is 14.3 Å². The molecule has 2 N–H and O–H groups in total. The molecule has 1 unspecified atom stereocenters. The summed E-state index contributed by atoms with van der Waals surface area (Å²) in [5, 5.41) is 21.9. The zero-order valence-corrected chi connectivity index (χ0v) is 24.9. The summed E-state index contributed by atoms with van der Waals surface area (Å²) in [4.78, 5) is 30.6. The van der Waals surface area contributed by atoms with Gasteiger partial charge in [0, 0.05) is 29.1 Å². The van der Waals surface area contributed by atoms with E-state index in [-0.39, 0.29) is 18.3 Å². The molecule has 0 aliphatic heterocycles. The van der Waals surface area contributed by atoms with Crippen molar-refractivity contribution in [2.45, 2.75) is 58.5 Å². The fraction of sp³-hybridized carbons (Fsp3) is 0.303. The first-order chi connectivity index (χ1) is 21.5. The smallest absolute Gasteiger partial charge is 0.307 e. The average Bonchev–Trinajstić information content (AvgIpc) is 3.72. The SMILES string of the molecule is CCCOC(=O)CC(Cc1ccccc1)NC(=O)c1cc(CCC)n(Cc2ccc(-c3ccccc3-c3nnn[nH]3)nc2)n1. The van der Waals surface area contributed by atoms with Crippen LogP contribution in [0.4, 0.5) is 0 Å². The Morgan fingerprint density at radius 2 is 1.75 bits per heavy atom. The van der Waals surface area contributed by atoms with Gasteiger partial charge >= 0.3 is 5.97 Å². The van der Waals surface area contributed by atoms with Crippen molar-refractivity contribution in [2.75, 3.05) is 6.61 Å². The number of H-pyrrole nitrogens is 1. The van der Waals surface area contributed by atoms with Crippen molar-refractivity contribution in [3.63, 3.8) is 0 Å². The third kappa shape index (κ3) is 7.80. The quantitative estimate of drug-likeness (QED) is 0.175. The molecule has 0 fully saturated rings. The molecule has 1 amide bonds. The zero-order chi connectivity index (χ0) is 30.7. The summed E-state index contributed by atoms with van der Waals surface area (Å²) in [5.41, 5.74) is 5.78. The van der Waals surface area contributed by atoms with Crippen LogP contribution in [-0.4, -0.2) is 59.9 Å². The van der Waals surface area contributed by atoms with Crippen LogP contribution >= 0.6 is 0 Å². The lowest BCUT2D eigenvalue weighted by molar-refractivity contribution is -0.144. The van der Waals surface area contributed by atoms with Crippen LogP contribution in [0.2, 0.25) is 0 Å². The summed E-state index contributed by atoms with van der Waals surface area (Å²) < 4.78 is 7.16. The lowest BCUT2D eigenvalue weighted by Gasteiger charge is -2.18. The largest absolute Gasteiger partial charge is 0.466 e. The first-order valence-electron chi connectivity index (χ1n) is 14.9. The van der Waals surface area contributed by atoms with E-state index in [0.29, 0.717) is 31.1 Å². The van der Waals surface area contributed by atoms with Crippen LogP contribution in [0, 0.1) is 0 Å². The molecular formula is C33H36N8O3. The van der Waals surface area contributed by atoms with Gasteiger partial charge in [0.15, 0.2) is 5.82 Å². The number of nitrogens with one attached hydrogen (secondary N) is 2. The third-order valence-electron chi connectivity index (χ3n) is 7.10. The number of ether oxygens (including phenoxy) is 1. The molecule has 0 saturated carbocycles. The summed E-state index contributed by atoms with van der Waals surface area (Å²) >= 11 is 0. The Kier molecular flexibility index (Phi) is 10.2. The molecular weight excluding hydrogens is 556 g/mol. The van der Waals surface area contributed by atoms with Gasteiger partial charge in [0.25, 0.3) is 5.91 Å².